The second kappa shape index (κ2) is 3.24. The number of carbonyl (C=O) groups excluding carboxylic acids is 1. The fourth-order valence-electron chi connectivity index (χ4n) is 1.77. The number of aryl methyl sites for hydroxylation is 1. The number of rotatable bonds is 1. The van der Waals surface area contributed by atoms with Gasteiger partial charge in [0.2, 0.25) is 0 Å². The Bertz CT molecular complexity index is 310. The van der Waals surface area contributed by atoms with Crippen LogP contribution < -0.4 is 0 Å². The van der Waals surface area contributed by atoms with E-state index in [1.807, 2.05) is 34.8 Å². The lowest BCUT2D eigenvalue weighted by atomic mass is 10.4. The first-order chi connectivity index (χ1) is 6.29. The zero-order valence-corrected chi connectivity index (χ0v) is 7.86. The van der Waals surface area contributed by atoms with Gasteiger partial charge < -0.3 is 9.47 Å². The van der Waals surface area contributed by atoms with Crippen molar-refractivity contribution in [2.75, 3.05) is 13.1 Å². The third-order valence-electron chi connectivity index (χ3n) is 2.56. The number of hydrogen-bond acceptors (Lipinski definition) is 1. The van der Waals surface area contributed by atoms with E-state index in [2.05, 4.69) is 0 Å². The molecule has 0 aromatic carbocycles. The maximum absolute atomic E-state index is 11.8. The quantitative estimate of drug-likeness (QED) is 0.635. The van der Waals surface area contributed by atoms with Crippen LogP contribution >= 0.6 is 0 Å². The average Bonchev–Trinajstić information content (AvgIpc) is 2.72. The Kier molecular flexibility index (Phi) is 2.08. The van der Waals surface area contributed by atoms with Crippen molar-refractivity contribution >= 4 is 5.91 Å². The Morgan fingerprint density at radius 3 is 2.62 bits per heavy atom. The van der Waals surface area contributed by atoms with Crippen molar-refractivity contribution in [2.24, 2.45) is 7.05 Å². The SMILES string of the molecule is Cn1cccc1C(=O)N1CCCC1. The number of nitrogens with zero attached hydrogens (tertiary/aromatic N) is 2. The topological polar surface area (TPSA) is 25.2 Å². The Hall–Kier alpha value is -1.25. The van der Waals surface area contributed by atoms with Gasteiger partial charge >= 0.3 is 0 Å². The number of carbonyl (C=O) groups is 1. The molecule has 1 aromatic heterocycles. The van der Waals surface area contributed by atoms with Crippen LogP contribution in [0, 0.1) is 0 Å². The number of aromatic nitrogens is 1. The first-order valence-corrected chi connectivity index (χ1v) is 4.69. The summed E-state index contributed by atoms with van der Waals surface area (Å²) in [6, 6.07) is 3.78. The number of hydrogen-bond donors (Lipinski definition) is 0. The molecule has 0 unspecified atom stereocenters. The first kappa shape index (κ1) is 8.35. The lowest BCUT2D eigenvalue weighted by Crippen LogP contribution is -2.29. The number of likely N-dealkylation sites (tertiary alicyclic amines) is 1. The van der Waals surface area contributed by atoms with Crippen molar-refractivity contribution in [3.63, 3.8) is 0 Å². The molecule has 3 heteroatoms. The van der Waals surface area contributed by atoms with E-state index in [-0.39, 0.29) is 5.91 Å². The highest BCUT2D eigenvalue weighted by Crippen LogP contribution is 2.12. The van der Waals surface area contributed by atoms with Gasteiger partial charge in [-0.05, 0) is 25.0 Å². The molecule has 0 radical (unpaired) electrons. The predicted octanol–water partition coefficient (Wildman–Crippen LogP) is 1.26. The van der Waals surface area contributed by atoms with E-state index < -0.39 is 0 Å². The summed E-state index contributed by atoms with van der Waals surface area (Å²) in [5.74, 6) is 0.171. The minimum Gasteiger partial charge on any atom is -0.347 e. The summed E-state index contributed by atoms with van der Waals surface area (Å²) >= 11 is 0. The van der Waals surface area contributed by atoms with E-state index in [0.29, 0.717) is 0 Å². The maximum atomic E-state index is 11.8. The molecule has 13 heavy (non-hydrogen) atoms. The highest BCUT2D eigenvalue weighted by molar-refractivity contribution is 5.92. The van der Waals surface area contributed by atoms with Crippen LogP contribution in [0.3, 0.4) is 0 Å². The van der Waals surface area contributed by atoms with E-state index in [0.717, 1.165) is 31.6 Å². The molecule has 1 aromatic rings. The van der Waals surface area contributed by atoms with Gasteiger partial charge in [0.05, 0.1) is 0 Å². The molecule has 1 fully saturated rings. The summed E-state index contributed by atoms with van der Waals surface area (Å²) in [5, 5.41) is 0. The molecule has 1 saturated heterocycles. The zero-order valence-electron chi connectivity index (χ0n) is 7.86. The summed E-state index contributed by atoms with van der Waals surface area (Å²) in [6.45, 7) is 1.84. The van der Waals surface area contributed by atoms with E-state index in [1.54, 1.807) is 0 Å². The summed E-state index contributed by atoms with van der Waals surface area (Å²) in [4.78, 5) is 13.8. The summed E-state index contributed by atoms with van der Waals surface area (Å²) in [5.41, 5.74) is 0.793. The maximum Gasteiger partial charge on any atom is 0.270 e. The minimum absolute atomic E-state index is 0.171. The molecule has 1 amide bonds. The minimum atomic E-state index is 0.171. The second-order valence-corrected chi connectivity index (χ2v) is 3.50. The summed E-state index contributed by atoms with van der Waals surface area (Å²) < 4.78 is 1.88. The Morgan fingerprint density at radius 2 is 2.08 bits per heavy atom. The van der Waals surface area contributed by atoms with Crippen LogP contribution in [0.4, 0.5) is 0 Å². The molecule has 0 spiro atoms. The normalized spacial score (nSPS) is 16.5. The van der Waals surface area contributed by atoms with Gasteiger partial charge in [0.15, 0.2) is 0 Å². The molecular weight excluding hydrogens is 164 g/mol. The van der Waals surface area contributed by atoms with Crippen LogP contribution in [0.1, 0.15) is 23.3 Å². The molecule has 0 bridgehead atoms. The highest BCUT2D eigenvalue weighted by Gasteiger charge is 2.20. The molecule has 2 heterocycles. The van der Waals surface area contributed by atoms with Crippen molar-refractivity contribution in [1.82, 2.24) is 9.47 Å². The molecule has 0 N–H and O–H groups in total. The molecule has 1 aliphatic heterocycles. The molecule has 3 nitrogen and oxygen atoms in total. The van der Waals surface area contributed by atoms with Gasteiger partial charge in [0.25, 0.3) is 5.91 Å². The Balaban J connectivity index is 2.17. The molecule has 70 valence electrons. The van der Waals surface area contributed by atoms with Gasteiger partial charge in [-0.1, -0.05) is 0 Å². The third kappa shape index (κ3) is 1.46. The molecular formula is C10H14N2O. The van der Waals surface area contributed by atoms with Gasteiger partial charge in [-0.2, -0.15) is 0 Å². The number of amides is 1. The average molecular weight is 178 g/mol. The van der Waals surface area contributed by atoms with E-state index in [1.165, 1.54) is 0 Å². The van der Waals surface area contributed by atoms with Crippen LogP contribution in [0.5, 0.6) is 0 Å². The van der Waals surface area contributed by atoms with Crippen LogP contribution in [0.15, 0.2) is 18.3 Å². The summed E-state index contributed by atoms with van der Waals surface area (Å²) in [6.07, 6.45) is 4.20. The van der Waals surface area contributed by atoms with Gasteiger partial charge in [0, 0.05) is 26.3 Å². The summed E-state index contributed by atoms with van der Waals surface area (Å²) in [7, 11) is 1.91. The Morgan fingerprint density at radius 1 is 1.38 bits per heavy atom. The van der Waals surface area contributed by atoms with Crippen LogP contribution in [0.2, 0.25) is 0 Å². The van der Waals surface area contributed by atoms with Gasteiger partial charge in [-0.25, -0.2) is 0 Å². The van der Waals surface area contributed by atoms with Crippen LogP contribution in [-0.2, 0) is 7.05 Å². The van der Waals surface area contributed by atoms with Gasteiger partial charge in [-0.15, -0.1) is 0 Å². The van der Waals surface area contributed by atoms with Gasteiger partial charge in [-0.3, -0.25) is 4.79 Å². The van der Waals surface area contributed by atoms with E-state index in [9.17, 15) is 4.79 Å². The molecule has 0 aliphatic carbocycles. The van der Waals surface area contributed by atoms with Crippen LogP contribution in [-0.4, -0.2) is 28.5 Å². The molecule has 2 rings (SSSR count). The highest BCUT2D eigenvalue weighted by atomic mass is 16.2. The van der Waals surface area contributed by atoms with Crippen molar-refractivity contribution in [2.45, 2.75) is 12.8 Å². The van der Waals surface area contributed by atoms with Crippen LogP contribution in [0.25, 0.3) is 0 Å². The van der Waals surface area contributed by atoms with Crippen molar-refractivity contribution in [1.29, 1.82) is 0 Å². The molecule has 0 saturated carbocycles. The molecule has 1 aliphatic rings. The monoisotopic (exact) mass is 178 g/mol. The molecule has 0 atom stereocenters. The predicted molar refractivity (Wildman–Crippen MR) is 50.6 cm³/mol. The first-order valence-electron chi connectivity index (χ1n) is 4.69. The zero-order chi connectivity index (χ0) is 9.26. The van der Waals surface area contributed by atoms with E-state index in [4.69, 9.17) is 0 Å². The second-order valence-electron chi connectivity index (χ2n) is 3.50. The Labute approximate surface area is 78.0 Å². The largest absolute Gasteiger partial charge is 0.347 e. The van der Waals surface area contributed by atoms with Crippen molar-refractivity contribution in [3.8, 4) is 0 Å². The van der Waals surface area contributed by atoms with Crippen molar-refractivity contribution < 1.29 is 4.79 Å². The smallest absolute Gasteiger partial charge is 0.270 e. The fraction of sp³-hybridized carbons (Fsp3) is 0.500. The fourth-order valence-corrected chi connectivity index (χ4v) is 1.77. The standard InChI is InChI=1S/C10H14N2O/c1-11-6-4-5-9(11)10(13)12-7-2-3-8-12/h4-6H,2-3,7-8H2,1H3. The lowest BCUT2D eigenvalue weighted by molar-refractivity contribution is 0.0783. The van der Waals surface area contributed by atoms with Crippen molar-refractivity contribution in [3.05, 3.63) is 24.0 Å². The third-order valence-corrected chi connectivity index (χ3v) is 2.56. The van der Waals surface area contributed by atoms with Gasteiger partial charge in [0.1, 0.15) is 5.69 Å². The van der Waals surface area contributed by atoms with E-state index >= 15 is 0 Å². The lowest BCUT2D eigenvalue weighted by Gasteiger charge is -2.15.